The topological polar surface area (TPSA) is 115 Å². The van der Waals surface area contributed by atoms with E-state index >= 15 is 0 Å². The third-order valence-electron chi connectivity index (χ3n) is 3.82. The predicted octanol–water partition coefficient (Wildman–Crippen LogP) is 1.47. The molecular weight excluding hydrogens is 338 g/mol. The number of non-ortho nitro benzene ring substituents is 1. The highest BCUT2D eigenvalue weighted by molar-refractivity contribution is 5.93. The molecule has 2 aromatic carbocycles. The maximum atomic E-state index is 12.2. The number of hydrogen-bond acceptors (Lipinski definition) is 5. The van der Waals surface area contributed by atoms with Crippen molar-refractivity contribution in [3.63, 3.8) is 0 Å². The summed E-state index contributed by atoms with van der Waals surface area (Å²) in [7, 11) is 1.33. The number of nitro groups is 1. The summed E-state index contributed by atoms with van der Waals surface area (Å²) in [5, 5.41) is 15.3. The van der Waals surface area contributed by atoms with E-state index in [2.05, 4.69) is 10.1 Å². The maximum absolute atomic E-state index is 12.2. The minimum atomic E-state index is -0.511. The Balaban J connectivity index is 1.90. The Morgan fingerprint density at radius 2 is 1.92 bits per heavy atom. The Bertz CT molecular complexity index is 805. The Kier molecular flexibility index (Phi) is 6.40. The molecule has 0 saturated carbocycles. The van der Waals surface area contributed by atoms with E-state index in [1.807, 2.05) is 5.32 Å². The largest absolute Gasteiger partial charge is 0.465 e. The van der Waals surface area contributed by atoms with Gasteiger partial charge in [-0.05, 0) is 25.1 Å². The summed E-state index contributed by atoms with van der Waals surface area (Å²) in [4.78, 5) is 33.9. The van der Waals surface area contributed by atoms with Crippen LogP contribution < -0.4 is 10.6 Å². The standard InChI is InChI=1S/C18H19N3O5/c1-12(17(22)20-15-4-3-5-16(10-15)21(24)25)19-11-13-6-8-14(9-7-13)18(23)26-2/h3-10,12,19H,11H2,1-2H3,(H,20,22)/p+1/t12-/m1/s1. The zero-order chi connectivity index (χ0) is 19.1. The Labute approximate surface area is 150 Å². The van der Waals surface area contributed by atoms with Gasteiger partial charge in [0.15, 0.2) is 6.04 Å². The van der Waals surface area contributed by atoms with Crippen molar-refractivity contribution in [2.24, 2.45) is 0 Å². The van der Waals surface area contributed by atoms with Crippen LogP contribution in [0.3, 0.4) is 0 Å². The number of nitro benzene ring substituents is 1. The van der Waals surface area contributed by atoms with E-state index in [9.17, 15) is 19.7 Å². The van der Waals surface area contributed by atoms with E-state index in [-0.39, 0.29) is 11.6 Å². The second-order valence-electron chi connectivity index (χ2n) is 5.71. The minimum absolute atomic E-state index is 0.0786. The zero-order valence-corrected chi connectivity index (χ0v) is 14.5. The number of carbonyl (C=O) groups excluding carboxylic acids is 2. The molecule has 1 atom stereocenters. The number of esters is 1. The fraction of sp³-hybridized carbons (Fsp3) is 0.222. The Hall–Kier alpha value is -3.26. The van der Waals surface area contributed by atoms with Crippen molar-refractivity contribution in [2.45, 2.75) is 19.5 Å². The normalized spacial score (nSPS) is 11.5. The number of anilines is 1. The molecule has 0 unspecified atom stereocenters. The van der Waals surface area contributed by atoms with E-state index in [1.54, 1.807) is 37.3 Å². The number of nitrogens with two attached hydrogens (primary N) is 1. The zero-order valence-electron chi connectivity index (χ0n) is 14.5. The number of carbonyl (C=O) groups is 2. The lowest BCUT2D eigenvalue weighted by molar-refractivity contribution is -0.688. The van der Waals surface area contributed by atoms with Crippen molar-refractivity contribution >= 4 is 23.3 Å². The molecule has 3 N–H and O–H groups in total. The molecule has 0 aliphatic carbocycles. The molecule has 0 heterocycles. The average molecular weight is 358 g/mol. The van der Waals surface area contributed by atoms with Gasteiger partial charge in [0, 0.05) is 23.4 Å². The van der Waals surface area contributed by atoms with Crippen LogP contribution in [0, 0.1) is 10.1 Å². The van der Waals surface area contributed by atoms with Crippen molar-refractivity contribution in [1.82, 2.24) is 0 Å². The van der Waals surface area contributed by atoms with Crippen LogP contribution >= 0.6 is 0 Å². The van der Waals surface area contributed by atoms with Crippen molar-refractivity contribution < 1.29 is 24.6 Å². The quantitative estimate of drug-likeness (QED) is 0.442. The molecule has 0 aliphatic heterocycles. The highest BCUT2D eigenvalue weighted by Crippen LogP contribution is 2.16. The maximum Gasteiger partial charge on any atom is 0.337 e. The lowest BCUT2D eigenvalue weighted by atomic mass is 10.1. The van der Waals surface area contributed by atoms with Gasteiger partial charge in [0.1, 0.15) is 6.54 Å². The number of nitrogens with zero attached hydrogens (tertiary/aromatic N) is 1. The van der Waals surface area contributed by atoms with Gasteiger partial charge in [-0.15, -0.1) is 0 Å². The van der Waals surface area contributed by atoms with E-state index in [1.165, 1.54) is 25.3 Å². The summed E-state index contributed by atoms with van der Waals surface area (Å²) < 4.78 is 4.64. The summed E-state index contributed by atoms with van der Waals surface area (Å²) in [6.45, 7) is 2.29. The number of benzene rings is 2. The summed E-state index contributed by atoms with van der Waals surface area (Å²) >= 11 is 0. The summed E-state index contributed by atoms with van der Waals surface area (Å²) in [5.41, 5.74) is 1.72. The predicted molar refractivity (Wildman–Crippen MR) is 94.6 cm³/mol. The molecule has 136 valence electrons. The van der Waals surface area contributed by atoms with E-state index in [0.717, 1.165) is 5.56 Å². The molecule has 0 aliphatic rings. The Morgan fingerprint density at radius 1 is 1.23 bits per heavy atom. The van der Waals surface area contributed by atoms with Gasteiger partial charge in [-0.25, -0.2) is 4.79 Å². The van der Waals surface area contributed by atoms with Crippen LogP contribution in [0.25, 0.3) is 0 Å². The third-order valence-corrected chi connectivity index (χ3v) is 3.82. The SMILES string of the molecule is COC(=O)c1ccc(C[NH2+][C@H](C)C(=O)Nc2cccc([N+](=O)[O-])c2)cc1. The first-order chi connectivity index (χ1) is 12.4. The molecule has 2 aromatic rings. The highest BCUT2D eigenvalue weighted by Gasteiger charge is 2.17. The molecule has 1 amide bonds. The first-order valence-corrected chi connectivity index (χ1v) is 7.96. The lowest BCUT2D eigenvalue weighted by Crippen LogP contribution is -2.90. The number of methoxy groups -OCH3 is 1. The molecular formula is C18H20N3O5+. The van der Waals surface area contributed by atoms with Gasteiger partial charge in [-0.2, -0.15) is 0 Å². The summed E-state index contributed by atoms with van der Waals surface area (Å²) in [6, 6.07) is 12.3. The van der Waals surface area contributed by atoms with Crippen molar-refractivity contribution in [3.05, 3.63) is 69.8 Å². The third kappa shape index (κ3) is 5.12. The van der Waals surface area contributed by atoms with Crippen LogP contribution in [0.15, 0.2) is 48.5 Å². The number of nitrogens with one attached hydrogen (secondary N) is 1. The van der Waals surface area contributed by atoms with Gasteiger partial charge in [0.2, 0.25) is 0 Å². The average Bonchev–Trinajstić information content (AvgIpc) is 2.66. The van der Waals surface area contributed by atoms with Gasteiger partial charge in [-0.3, -0.25) is 14.9 Å². The van der Waals surface area contributed by atoms with Gasteiger partial charge >= 0.3 is 5.97 Å². The van der Waals surface area contributed by atoms with Crippen LogP contribution in [0.4, 0.5) is 11.4 Å². The van der Waals surface area contributed by atoms with Crippen LogP contribution in [0.1, 0.15) is 22.8 Å². The molecule has 8 heteroatoms. The molecule has 0 spiro atoms. The minimum Gasteiger partial charge on any atom is -0.465 e. The summed E-state index contributed by atoms with van der Waals surface area (Å²) in [5.74, 6) is -0.651. The van der Waals surface area contributed by atoms with Gasteiger partial charge in [0.25, 0.3) is 11.6 Å². The molecule has 0 bridgehead atoms. The van der Waals surface area contributed by atoms with Gasteiger partial charge in [-0.1, -0.05) is 18.2 Å². The van der Waals surface area contributed by atoms with E-state index < -0.39 is 16.9 Å². The number of hydrogen-bond donors (Lipinski definition) is 2. The van der Waals surface area contributed by atoms with Crippen LogP contribution in [0.5, 0.6) is 0 Å². The first kappa shape index (κ1) is 19.1. The summed E-state index contributed by atoms with van der Waals surface area (Å²) in [6.07, 6.45) is 0. The second kappa shape index (κ2) is 8.72. The smallest absolute Gasteiger partial charge is 0.337 e. The first-order valence-electron chi connectivity index (χ1n) is 7.96. The van der Waals surface area contributed by atoms with Crippen molar-refractivity contribution in [2.75, 3.05) is 12.4 Å². The molecule has 2 rings (SSSR count). The molecule has 0 aromatic heterocycles. The van der Waals surface area contributed by atoms with Crippen LogP contribution in [-0.2, 0) is 16.1 Å². The molecule has 0 saturated heterocycles. The molecule has 0 fully saturated rings. The van der Waals surface area contributed by atoms with Gasteiger partial charge < -0.3 is 15.4 Å². The van der Waals surface area contributed by atoms with Gasteiger partial charge in [0.05, 0.1) is 17.6 Å². The van der Waals surface area contributed by atoms with E-state index in [0.29, 0.717) is 17.8 Å². The Morgan fingerprint density at radius 3 is 2.54 bits per heavy atom. The fourth-order valence-corrected chi connectivity index (χ4v) is 2.27. The molecule has 8 nitrogen and oxygen atoms in total. The van der Waals surface area contributed by atoms with Crippen LogP contribution in [-0.4, -0.2) is 30.0 Å². The molecule has 0 radical (unpaired) electrons. The van der Waals surface area contributed by atoms with Crippen LogP contribution in [0.2, 0.25) is 0 Å². The van der Waals surface area contributed by atoms with Crippen molar-refractivity contribution in [1.29, 1.82) is 0 Å². The van der Waals surface area contributed by atoms with E-state index in [4.69, 9.17) is 0 Å². The molecule has 26 heavy (non-hydrogen) atoms. The second-order valence-corrected chi connectivity index (χ2v) is 5.71. The number of rotatable bonds is 7. The number of ether oxygens (including phenoxy) is 1. The number of amides is 1. The lowest BCUT2D eigenvalue weighted by Gasteiger charge is -2.11. The highest BCUT2D eigenvalue weighted by atomic mass is 16.6. The number of quaternary nitrogens is 1. The monoisotopic (exact) mass is 358 g/mol. The fourth-order valence-electron chi connectivity index (χ4n) is 2.27. The van der Waals surface area contributed by atoms with Crippen molar-refractivity contribution in [3.8, 4) is 0 Å².